The molecule has 1 heterocycles. The molecule has 0 bridgehead atoms. The number of methoxy groups -OCH3 is 2. The predicted octanol–water partition coefficient (Wildman–Crippen LogP) is 1.28. The largest absolute Gasteiger partial charge is 0.490 e. The number of hydrogen-bond acceptors (Lipinski definition) is 7. The lowest BCUT2D eigenvalue weighted by molar-refractivity contribution is -0.140. The van der Waals surface area contributed by atoms with Crippen molar-refractivity contribution in [1.29, 1.82) is 0 Å². The Morgan fingerprint density at radius 1 is 1.21 bits per heavy atom. The van der Waals surface area contributed by atoms with Gasteiger partial charge >= 0.3 is 5.97 Å². The zero-order chi connectivity index (χ0) is 14.1. The van der Waals surface area contributed by atoms with E-state index in [2.05, 4.69) is 32.3 Å². The maximum absolute atomic E-state index is 11.0. The van der Waals surface area contributed by atoms with Crippen LogP contribution in [0.3, 0.4) is 0 Å². The highest BCUT2D eigenvalue weighted by atomic mass is 16.5. The fourth-order valence-electron chi connectivity index (χ4n) is 1.45. The average molecular weight is 268 g/mol. The molecule has 106 valence electrons. The van der Waals surface area contributed by atoms with Gasteiger partial charge in [0, 0.05) is 13.1 Å². The van der Waals surface area contributed by atoms with E-state index in [1.54, 1.807) is 7.11 Å². The second-order valence-electron chi connectivity index (χ2n) is 3.78. The number of aromatic nitrogens is 2. The van der Waals surface area contributed by atoms with Crippen LogP contribution < -0.4 is 15.4 Å². The highest BCUT2D eigenvalue weighted by Crippen LogP contribution is 2.28. The first-order valence-corrected chi connectivity index (χ1v) is 6.16. The monoisotopic (exact) mass is 268 g/mol. The first-order chi connectivity index (χ1) is 9.22. The van der Waals surface area contributed by atoms with Crippen molar-refractivity contribution in [2.45, 2.75) is 19.8 Å². The first-order valence-electron chi connectivity index (χ1n) is 6.16. The van der Waals surface area contributed by atoms with E-state index in [9.17, 15) is 4.79 Å². The van der Waals surface area contributed by atoms with Crippen LogP contribution in [0.1, 0.15) is 19.8 Å². The van der Waals surface area contributed by atoms with E-state index in [4.69, 9.17) is 4.74 Å². The van der Waals surface area contributed by atoms with Gasteiger partial charge in [-0.15, -0.1) is 0 Å². The topological polar surface area (TPSA) is 85.4 Å². The van der Waals surface area contributed by atoms with Gasteiger partial charge in [-0.05, 0) is 6.42 Å². The summed E-state index contributed by atoms with van der Waals surface area (Å²) in [5.41, 5.74) is 0. The van der Waals surface area contributed by atoms with Gasteiger partial charge in [0.15, 0.2) is 11.6 Å². The molecular weight excluding hydrogens is 248 g/mol. The second kappa shape index (κ2) is 8.12. The molecule has 0 atom stereocenters. The van der Waals surface area contributed by atoms with E-state index >= 15 is 0 Å². The Balaban J connectivity index is 2.68. The van der Waals surface area contributed by atoms with Gasteiger partial charge in [0.2, 0.25) is 5.75 Å². The van der Waals surface area contributed by atoms with Crippen LogP contribution >= 0.6 is 0 Å². The van der Waals surface area contributed by atoms with E-state index in [-0.39, 0.29) is 12.4 Å². The molecule has 0 aliphatic heterocycles. The smallest absolute Gasteiger partial charge is 0.307 e. The Kier molecular flexibility index (Phi) is 6.42. The lowest BCUT2D eigenvalue weighted by atomic mass is 10.4. The average Bonchev–Trinajstić information content (AvgIpc) is 2.44. The molecule has 0 saturated heterocycles. The minimum Gasteiger partial charge on any atom is -0.490 e. The van der Waals surface area contributed by atoms with E-state index in [1.807, 2.05) is 0 Å². The van der Waals surface area contributed by atoms with Crippen LogP contribution in [-0.4, -0.2) is 43.2 Å². The van der Waals surface area contributed by atoms with Gasteiger partial charge in [0.25, 0.3) is 0 Å². The maximum Gasteiger partial charge on any atom is 0.307 e. The summed E-state index contributed by atoms with van der Waals surface area (Å²) in [4.78, 5) is 19.3. The number of esters is 1. The third-order valence-corrected chi connectivity index (χ3v) is 2.40. The van der Waals surface area contributed by atoms with Gasteiger partial charge < -0.3 is 20.1 Å². The molecule has 0 saturated carbocycles. The number of carbonyl (C=O) groups is 1. The van der Waals surface area contributed by atoms with E-state index in [0.717, 1.165) is 13.0 Å². The molecule has 0 aromatic carbocycles. The summed E-state index contributed by atoms with van der Waals surface area (Å²) in [6.45, 7) is 3.29. The summed E-state index contributed by atoms with van der Waals surface area (Å²) >= 11 is 0. The second-order valence-corrected chi connectivity index (χ2v) is 3.78. The first kappa shape index (κ1) is 15.0. The molecule has 0 unspecified atom stereocenters. The van der Waals surface area contributed by atoms with Crippen molar-refractivity contribution in [3.05, 3.63) is 6.33 Å². The third-order valence-electron chi connectivity index (χ3n) is 2.40. The SMILES string of the molecule is CCCNc1ncnc(NCCC(=O)OC)c1OC. The maximum atomic E-state index is 11.0. The summed E-state index contributed by atoms with van der Waals surface area (Å²) in [6.07, 6.45) is 2.70. The van der Waals surface area contributed by atoms with Crippen LogP contribution in [0.2, 0.25) is 0 Å². The number of carbonyl (C=O) groups excluding carboxylic acids is 1. The summed E-state index contributed by atoms with van der Waals surface area (Å²) in [7, 11) is 2.92. The van der Waals surface area contributed by atoms with Gasteiger partial charge in [-0.2, -0.15) is 0 Å². The minimum absolute atomic E-state index is 0.265. The molecule has 1 rings (SSSR count). The Bertz CT molecular complexity index is 412. The highest BCUT2D eigenvalue weighted by Gasteiger charge is 2.11. The van der Waals surface area contributed by atoms with E-state index < -0.39 is 0 Å². The van der Waals surface area contributed by atoms with Crippen LogP contribution in [0, 0.1) is 0 Å². The zero-order valence-corrected chi connectivity index (χ0v) is 11.5. The van der Waals surface area contributed by atoms with Crippen LogP contribution in [0.25, 0.3) is 0 Å². The zero-order valence-electron chi connectivity index (χ0n) is 11.5. The van der Waals surface area contributed by atoms with Crippen LogP contribution in [0.15, 0.2) is 6.33 Å². The molecule has 7 nitrogen and oxygen atoms in total. The van der Waals surface area contributed by atoms with Crippen molar-refractivity contribution in [3.8, 4) is 5.75 Å². The number of hydrogen-bond donors (Lipinski definition) is 2. The normalized spacial score (nSPS) is 9.84. The van der Waals surface area contributed by atoms with Crippen molar-refractivity contribution in [2.75, 3.05) is 37.9 Å². The quantitative estimate of drug-likeness (QED) is 0.687. The number of nitrogens with zero attached hydrogens (tertiary/aromatic N) is 2. The molecule has 0 aliphatic carbocycles. The number of nitrogens with one attached hydrogen (secondary N) is 2. The Labute approximate surface area is 112 Å². The fourth-order valence-corrected chi connectivity index (χ4v) is 1.45. The molecule has 0 radical (unpaired) electrons. The molecular formula is C12H20N4O3. The van der Waals surface area contributed by atoms with Crippen molar-refractivity contribution in [3.63, 3.8) is 0 Å². The van der Waals surface area contributed by atoms with Gasteiger partial charge in [-0.25, -0.2) is 9.97 Å². The lowest BCUT2D eigenvalue weighted by Crippen LogP contribution is -2.12. The van der Waals surface area contributed by atoms with Crippen molar-refractivity contribution < 1.29 is 14.3 Å². The standard InChI is InChI=1S/C12H20N4O3/c1-4-6-13-11-10(19-3)12(16-8-15-11)14-7-5-9(17)18-2/h8H,4-7H2,1-3H3,(H2,13,14,15,16). The van der Waals surface area contributed by atoms with Gasteiger partial charge in [0.05, 0.1) is 20.6 Å². The molecule has 1 aromatic rings. The molecule has 19 heavy (non-hydrogen) atoms. The lowest BCUT2D eigenvalue weighted by Gasteiger charge is -2.13. The molecule has 0 spiro atoms. The molecule has 0 amide bonds. The van der Waals surface area contributed by atoms with Gasteiger partial charge in [0.1, 0.15) is 6.33 Å². The molecule has 1 aromatic heterocycles. The van der Waals surface area contributed by atoms with Crippen LogP contribution in [0.5, 0.6) is 5.75 Å². The molecule has 2 N–H and O–H groups in total. The fraction of sp³-hybridized carbons (Fsp3) is 0.583. The van der Waals surface area contributed by atoms with Crippen molar-refractivity contribution in [2.24, 2.45) is 0 Å². The van der Waals surface area contributed by atoms with Gasteiger partial charge in [-0.1, -0.05) is 6.92 Å². The van der Waals surface area contributed by atoms with Crippen molar-refractivity contribution in [1.82, 2.24) is 9.97 Å². The van der Waals surface area contributed by atoms with E-state index in [0.29, 0.717) is 23.9 Å². The molecule has 0 fully saturated rings. The Morgan fingerprint density at radius 3 is 2.37 bits per heavy atom. The number of anilines is 2. The van der Waals surface area contributed by atoms with Gasteiger partial charge in [-0.3, -0.25) is 4.79 Å². The van der Waals surface area contributed by atoms with E-state index in [1.165, 1.54) is 13.4 Å². The van der Waals surface area contributed by atoms with Crippen LogP contribution in [-0.2, 0) is 9.53 Å². The summed E-state index contributed by atoms with van der Waals surface area (Å²) in [6, 6.07) is 0. The summed E-state index contributed by atoms with van der Waals surface area (Å²) in [5.74, 6) is 1.46. The molecule has 0 aliphatic rings. The predicted molar refractivity (Wildman–Crippen MR) is 72.5 cm³/mol. The summed E-state index contributed by atoms with van der Waals surface area (Å²) < 4.78 is 9.86. The number of rotatable bonds is 8. The minimum atomic E-state index is -0.273. The Hall–Kier alpha value is -2.05. The summed E-state index contributed by atoms with van der Waals surface area (Å²) in [5, 5.41) is 6.19. The third kappa shape index (κ3) is 4.61. The molecule has 7 heteroatoms. The van der Waals surface area contributed by atoms with Crippen LogP contribution in [0.4, 0.5) is 11.6 Å². The Morgan fingerprint density at radius 2 is 1.84 bits per heavy atom. The number of ether oxygens (including phenoxy) is 2. The highest BCUT2D eigenvalue weighted by molar-refractivity contribution is 5.70. The van der Waals surface area contributed by atoms with Crippen molar-refractivity contribution >= 4 is 17.6 Å².